The number of allylic oxidation sites excluding steroid dienone is 5. The minimum atomic E-state index is -0.755. The molecule has 0 aromatic heterocycles. The third-order valence-electron chi connectivity index (χ3n) is 4.11. The quantitative estimate of drug-likeness (QED) is 0.433. The predicted molar refractivity (Wildman–Crippen MR) is 107 cm³/mol. The minimum absolute atomic E-state index is 0. The van der Waals surface area contributed by atoms with E-state index >= 15 is 0 Å². The van der Waals surface area contributed by atoms with Crippen LogP contribution in [0.4, 0.5) is 0 Å². The van der Waals surface area contributed by atoms with Crippen molar-refractivity contribution in [2.45, 2.75) is 26.8 Å². The van der Waals surface area contributed by atoms with Gasteiger partial charge in [0.05, 0.1) is 0 Å². The molecule has 0 saturated carbocycles. The molecule has 2 aliphatic carbocycles. The maximum absolute atomic E-state index is 11.0. The second-order valence-electron chi connectivity index (χ2n) is 6.13. The van der Waals surface area contributed by atoms with Crippen LogP contribution in [-0.2, 0) is 22.9 Å². The number of benzene rings is 1. The first-order chi connectivity index (χ1) is 12.5. The van der Waals surface area contributed by atoms with Gasteiger partial charge in [-0.2, -0.15) is 23.5 Å². The molecule has 0 radical (unpaired) electrons. The topological polar surface area (TPSA) is 66.3 Å². The molecule has 4 atom stereocenters. The Labute approximate surface area is 178 Å². The largest absolute Gasteiger partial charge is 2.00 e. The average molecular weight is 443 g/mol. The Morgan fingerprint density at radius 3 is 1.85 bits per heavy atom. The molecule has 2 fully saturated rings. The van der Waals surface area contributed by atoms with Crippen LogP contribution in [-0.4, -0.2) is 25.5 Å². The molecule has 0 bridgehead atoms. The first kappa shape index (κ1) is 22.1. The van der Waals surface area contributed by atoms with Crippen molar-refractivity contribution in [3.8, 4) is 5.75 Å². The summed E-state index contributed by atoms with van der Waals surface area (Å²) in [5.74, 6) is 0.349. The first-order valence-corrected chi connectivity index (χ1v) is 10.1. The van der Waals surface area contributed by atoms with Gasteiger partial charge in [0.25, 0.3) is 0 Å². The normalized spacial score (nSPS) is 32.4. The maximum atomic E-state index is 11.0. The van der Waals surface area contributed by atoms with E-state index in [2.05, 4.69) is 6.58 Å². The Bertz CT molecular complexity index is 749. The maximum Gasteiger partial charge on any atom is 2.00 e. The number of hydrogen-bond acceptors (Lipinski definition) is 5. The van der Waals surface area contributed by atoms with Gasteiger partial charge >= 0.3 is 16.5 Å². The van der Waals surface area contributed by atoms with Crippen molar-refractivity contribution >= 4 is 23.5 Å². The fourth-order valence-electron chi connectivity index (χ4n) is 2.49. The van der Waals surface area contributed by atoms with E-state index in [1.165, 1.54) is 23.5 Å². The summed E-state index contributed by atoms with van der Waals surface area (Å²) in [5, 5.41) is 31.7. The van der Waals surface area contributed by atoms with Crippen LogP contribution in [0.1, 0.15) is 5.56 Å². The zero-order valence-corrected chi connectivity index (χ0v) is 17.1. The van der Waals surface area contributed by atoms with Crippen LogP contribution in [0.2, 0.25) is 0 Å². The number of phenols is 1. The van der Waals surface area contributed by atoms with E-state index in [1.807, 2.05) is 54.7 Å². The van der Waals surface area contributed by atoms with Gasteiger partial charge in [-0.05, 0) is 27.9 Å². The van der Waals surface area contributed by atoms with Crippen molar-refractivity contribution in [1.82, 2.24) is 0 Å². The molecule has 1 aromatic carbocycles. The van der Waals surface area contributed by atoms with Crippen molar-refractivity contribution in [3.63, 3.8) is 0 Å². The Morgan fingerprint density at radius 1 is 0.963 bits per heavy atom. The molecule has 1 aromatic rings. The van der Waals surface area contributed by atoms with Crippen molar-refractivity contribution in [1.29, 1.82) is 0 Å². The molecule has 27 heavy (non-hydrogen) atoms. The van der Waals surface area contributed by atoms with Crippen molar-refractivity contribution < 1.29 is 31.8 Å². The van der Waals surface area contributed by atoms with Gasteiger partial charge in [-0.25, -0.2) is 0 Å². The van der Waals surface area contributed by atoms with Crippen molar-refractivity contribution in [2.24, 2.45) is 0 Å². The number of hydrogen-bond donors (Lipinski definition) is 1. The third-order valence-corrected chi connectivity index (χ3v) is 6.64. The number of phenolic OH excluding ortho intramolecular Hbond substituents is 1. The van der Waals surface area contributed by atoms with E-state index < -0.39 is 9.87 Å². The van der Waals surface area contributed by atoms with E-state index in [1.54, 1.807) is 24.3 Å². The Kier molecular flexibility index (Phi) is 7.67. The molecule has 0 spiro atoms. The Morgan fingerprint density at radius 2 is 1.48 bits per heavy atom. The van der Waals surface area contributed by atoms with Gasteiger partial charge in [0, 0.05) is 10.5 Å². The summed E-state index contributed by atoms with van der Waals surface area (Å²) in [4.78, 5) is -1.51. The van der Waals surface area contributed by atoms with Crippen LogP contribution < -0.4 is 10.2 Å². The molecule has 0 amide bonds. The van der Waals surface area contributed by atoms with Crippen molar-refractivity contribution in [3.05, 3.63) is 91.1 Å². The summed E-state index contributed by atoms with van der Waals surface area (Å²) >= 11 is 2.94. The van der Waals surface area contributed by atoms with Gasteiger partial charge in [-0.15, -0.1) is 6.58 Å². The zero-order valence-electron chi connectivity index (χ0n) is 14.5. The van der Waals surface area contributed by atoms with E-state index in [0.29, 0.717) is 5.75 Å². The summed E-state index contributed by atoms with van der Waals surface area (Å²) in [7, 11) is 0. The Hall–Kier alpha value is -1.17. The van der Waals surface area contributed by atoms with Crippen LogP contribution in [0, 0.1) is 0 Å². The number of rotatable bonds is 2. The zero-order chi connectivity index (χ0) is 18.6. The van der Waals surface area contributed by atoms with Gasteiger partial charge in [0.2, 0.25) is 0 Å². The predicted octanol–water partition coefficient (Wildman–Crippen LogP) is 2.69. The summed E-state index contributed by atoms with van der Waals surface area (Å²) in [6.07, 6.45) is 17.4. The van der Waals surface area contributed by atoms with Crippen LogP contribution >= 0.6 is 23.5 Å². The molecule has 5 rings (SSSR count). The van der Waals surface area contributed by atoms with Crippen LogP contribution in [0.5, 0.6) is 5.75 Å². The molecule has 2 heterocycles. The summed E-state index contributed by atoms with van der Waals surface area (Å²) in [6, 6.07) is 7.27. The van der Waals surface area contributed by atoms with E-state index in [4.69, 9.17) is 0 Å². The SMILES string of the molecule is C=CCc1ccccc1O.[Ni+2].[O-]C12C=CC=CC1S2.[O-]C12C=CC=CC1S2. The van der Waals surface area contributed by atoms with Gasteiger partial charge in [-0.3, -0.25) is 0 Å². The Balaban J connectivity index is 0.000000143. The molecule has 4 aliphatic rings. The van der Waals surface area contributed by atoms with E-state index in [0.717, 1.165) is 12.0 Å². The molecule has 6 heteroatoms. The van der Waals surface area contributed by atoms with Crippen LogP contribution in [0.15, 0.2) is 85.5 Å². The fraction of sp³-hybridized carbons (Fsp3) is 0.238. The van der Waals surface area contributed by atoms with Gasteiger partial charge in [0.15, 0.2) is 0 Å². The minimum Gasteiger partial charge on any atom is -0.837 e. The smallest absolute Gasteiger partial charge is 0.837 e. The number of aromatic hydroxyl groups is 1. The molecule has 2 saturated heterocycles. The average Bonchev–Trinajstić information content (AvgIpc) is 3.50. The monoisotopic (exact) mass is 442 g/mol. The van der Waals surface area contributed by atoms with E-state index in [9.17, 15) is 15.3 Å². The molecule has 144 valence electrons. The fourth-order valence-corrected chi connectivity index (χ4v) is 4.12. The summed E-state index contributed by atoms with van der Waals surface area (Å²) < 4.78 is 0. The molecular weight excluding hydrogens is 423 g/mol. The second-order valence-corrected chi connectivity index (χ2v) is 8.89. The van der Waals surface area contributed by atoms with Gasteiger partial charge in [0.1, 0.15) is 5.75 Å². The third kappa shape index (κ3) is 5.90. The van der Waals surface area contributed by atoms with Crippen LogP contribution in [0.25, 0.3) is 0 Å². The van der Waals surface area contributed by atoms with E-state index in [-0.39, 0.29) is 27.0 Å². The summed E-state index contributed by atoms with van der Waals surface area (Å²) in [6.45, 7) is 3.59. The molecule has 1 N–H and O–H groups in total. The summed E-state index contributed by atoms with van der Waals surface area (Å²) in [5.41, 5.74) is 0.928. The van der Waals surface area contributed by atoms with Crippen LogP contribution in [0.3, 0.4) is 0 Å². The first-order valence-electron chi connectivity index (χ1n) is 8.33. The number of fused-ring (bicyclic) bond motifs is 2. The standard InChI is InChI=1S/C9H10O.2C6H5OS.Ni/c1-2-5-8-6-3-4-7-9(8)10;2*7-6-4-2-1-3-5(6)8-6;/h2-4,6-7,10H,1,5H2;2*1-5H;/q;2*-1;+2. The molecule has 3 nitrogen and oxygen atoms in total. The second kappa shape index (κ2) is 9.35. The van der Waals surface area contributed by atoms with Crippen molar-refractivity contribution in [2.75, 3.05) is 0 Å². The molecule has 4 unspecified atom stereocenters. The molecular formula is C21H20NiO3S2. The number of thioether (sulfide) groups is 2. The molecule has 2 aliphatic heterocycles. The van der Waals surface area contributed by atoms with Gasteiger partial charge < -0.3 is 15.3 Å². The van der Waals surface area contributed by atoms with Gasteiger partial charge in [-0.1, -0.05) is 72.9 Å². The number of para-hydroxylation sites is 1.